The van der Waals surface area contributed by atoms with Crippen LogP contribution in [0.3, 0.4) is 0 Å². The number of aliphatic hydroxyl groups excluding tert-OH is 1. The van der Waals surface area contributed by atoms with E-state index in [1.165, 1.54) is 6.92 Å². The van der Waals surface area contributed by atoms with E-state index in [1.54, 1.807) is 6.07 Å². The number of benzene rings is 1. The molecule has 0 aliphatic carbocycles. The van der Waals surface area contributed by atoms with E-state index in [0.29, 0.717) is 11.5 Å². The van der Waals surface area contributed by atoms with Crippen molar-refractivity contribution in [1.29, 1.82) is 0 Å². The van der Waals surface area contributed by atoms with E-state index in [2.05, 4.69) is 5.32 Å². The third-order valence-corrected chi connectivity index (χ3v) is 2.70. The van der Waals surface area contributed by atoms with E-state index in [-0.39, 0.29) is 19.3 Å². The summed E-state index contributed by atoms with van der Waals surface area (Å²) in [5.41, 5.74) is 1.79. The molecule has 1 aromatic rings. The number of carbonyl (C=O) groups is 1. The van der Waals surface area contributed by atoms with Crippen LogP contribution in [0.15, 0.2) is 12.1 Å². The molecule has 0 fully saturated rings. The van der Waals surface area contributed by atoms with Crippen molar-refractivity contribution in [3.05, 3.63) is 23.3 Å². The fourth-order valence-corrected chi connectivity index (χ4v) is 1.90. The SMILES string of the molecule is CC(=O)NC(CO)c1cc2c(cc1C)OCO2. The first-order valence-electron chi connectivity index (χ1n) is 5.40. The Morgan fingerprint density at radius 1 is 1.47 bits per heavy atom. The molecule has 1 aliphatic heterocycles. The summed E-state index contributed by atoms with van der Waals surface area (Å²) in [5, 5.41) is 12.0. The van der Waals surface area contributed by atoms with E-state index in [0.717, 1.165) is 11.1 Å². The van der Waals surface area contributed by atoms with Gasteiger partial charge in [-0.05, 0) is 30.2 Å². The molecule has 1 heterocycles. The zero-order chi connectivity index (χ0) is 12.4. The van der Waals surface area contributed by atoms with Gasteiger partial charge in [0.25, 0.3) is 0 Å². The summed E-state index contributed by atoms with van der Waals surface area (Å²) in [6, 6.07) is 3.23. The number of rotatable bonds is 3. The summed E-state index contributed by atoms with van der Waals surface area (Å²) in [7, 11) is 0. The highest BCUT2D eigenvalue weighted by Crippen LogP contribution is 2.36. The summed E-state index contributed by atoms with van der Waals surface area (Å²) in [6.07, 6.45) is 0. The first-order valence-corrected chi connectivity index (χ1v) is 5.40. The molecule has 1 aromatic carbocycles. The molecule has 1 aliphatic rings. The number of carbonyl (C=O) groups excluding carboxylic acids is 1. The molecule has 5 heteroatoms. The van der Waals surface area contributed by atoms with Crippen LogP contribution >= 0.6 is 0 Å². The first-order chi connectivity index (χ1) is 8.11. The molecule has 0 saturated heterocycles. The summed E-state index contributed by atoms with van der Waals surface area (Å²) < 4.78 is 10.5. The second-order valence-corrected chi connectivity index (χ2v) is 4.00. The van der Waals surface area contributed by atoms with Crippen LogP contribution in [0.4, 0.5) is 0 Å². The Morgan fingerprint density at radius 2 is 2.12 bits per heavy atom. The minimum Gasteiger partial charge on any atom is -0.454 e. The lowest BCUT2D eigenvalue weighted by molar-refractivity contribution is -0.120. The van der Waals surface area contributed by atoms with Crippen LogP contribution in [0.5, 0.6) is 11.5 Å². The van der Waals surface area contributed by atoms with E-state index in [4.69, 9.17) is 9.47 Å². The number of aryl methyl sites for hydroxylation is 1. The molecule has 0 radical (unpaired) electrons. The molecule has 0 aromatic heterocycles. The molecule has 0 bridgehead atoms. The summed E-state index contributed by atoms with van der Waals surface area (Å²) >= 11 is 0. The van der Waals surface area contributed by atoms with Crippen LogP contribution in [-0.4, -0.2) is 24.4 Å². The van der Waals surface area contributed by atoms with Crippen molar-refractivity contribution >= 4 is 5.91 Å². The van der Waals surface area contributed by atoms with Crippen LogP contribution in [0.25, 0.3) is 0 Å². The van der Waals surface area contributed by atoms with Gasteiger partial charge in [-0.25, -0.2) is 0 Å². The molecule has 5 nitrogen and oxygen atoms in total. The van der Waals surface area contributed by atoms with Gasteiger partial charge in [0.05, 0.1) is 12.6 Å². The predicted octanol–water partition coefficient (Wildman–Crippen LogP) is 0.893. The summed E-state index contributed by atoms with van der Waals surface area (Å²) in [6.45, 7) is 3.38. The Morgan fingerprint density at radius 3 is 2.71 bits per heavy atom. The number of hydrogen-bond acceptors (Lipinski definition) is 4. The Bertz CT molecular complexity index is 444. The Labute approximate surface area is 99.3 Å². The van der Waals surface area contributed by atoms with Crippen molar-refractivity contribution in [2.45, 2.75) is 19.9 Å². The van der Waals surface area contributed by atoms with Crippen LogP contribution in [0.2, 0.25) is 0 Å². The molecular formula is C12H15NO4. The van der Waals surface area contributed by atoms with Crippen molar-refractivity contribution in [2.24, 2.45) is 0 Å². The fourth-order valence-electron chi connectivity index (χ4n) is 1.90. The number of hydrogen-bond donors (Lipinski definition) is 2. The zero-order valence-corrected chi connectivity index (χ0v) is 9.82. The van der Waals surface area contributed by atoms with E-state index in [1.807, 2.05) is 13.0 Å². The Kier molecular flexibility index (Phi) is 3.19. The van der Waals surface area contributed by atoms with Gasteiger partial charge in [0, 0.05) is 6.92 Å². The van der Waals surface area contributed by atoms with Gasteiger partial charge in [-0.15, -0.1) is 0 Å². The van der Waals surface area contributed by atoms with Crippen molar-refractivity contribution in [1.82, 2.24) is 5.32 Å². The lowest BCUT2D eigenvalue weighted by Crippen LogP contribution is -2.29. The maximum absolute atomic E-state index is 11.1. The normalized spacial score (nSPS) is 14.5. The molecule has 2 N–H and O–H groups in total. The highest BCUT2D eigenvalue weighted by Gasteiger charge is 2.20. The predicted molar refractivity (Wildman–Crippen MR) is 60.9 cm³/mol. The average molecular weight is 237 g/mol. The molecule has 1 atom stereocenters. The van der Waals surface area contributed by atoms with Crippen molar-refractivity contribution in [3.63, 3.8) is 0 Å². The lowest BCUT2D eigenvalue weighted by atomic mass is 10.0. The zero-order valence-electron chi connectivity index (χ0n) is 9.82. The number of ether oxygens (including phenoxy) is 2. The van der Waals surface area contributed by atoms with E-state index >= 15 is 0 Å². The monoisotopic (exact) mass is 237 g/mol. The largest absolute Gasteiger partial charge is 0.454 e. The molecule has 1 amide bonds. The van der Waals surface area contributed by atoms with E-state index in [9.17, 15) is 9.90 Å². The standard InChI is InChI=1S/C12H15NO4/c1-7-3-11-12(17-6-16-11)4-9(7)10(5-14)13-8(2)15/h3-4,10,14H,5-6H2,1-2H3,(H,13,15). The van der Waals surface area contributed by atoms with Gasteiger partial charge in [-0.1, -0.05) is 0 Å². The number of aliphatic hydroxyl groups is 1. The van der Waals surface area contributed by atoms with Gasteiger partial charge in [0.1, 0.15) is 0 Å². The van der Waals surface area contributed by atoms with Crippen LogP contribution in [0, 0.1) is 6.92 Å². The summed E-state index contributed by atoms with van der Waals surface area (Å²) in [5.74, 6) is 1.17. The van der Waals surface area contributed by atoms with Gasteiger partial charge in [-0.2, -0.15) is 0 Å². The molecule has 0 saturated carbocycles. The smallest absolute Gasteiger partial charge is 0.231 e. The maximum Gasteiger partial charge on any atom is 0.231 e. The van der Waals surface area contributed by atoms with Crippen LogP contribution < -0.4 is 14.8 Å². The van der Waals surface area contributed by atoms with E-state index < -0.39 is 6.04 Å². The molecule has 2 rings (SSSR count). The van der Waals surface area contributed by atoms with Crippen molar-refractivity contribution < 1.29 is 19.4 Å². The third-order valence-electron chi connectivity index (χ3n) is 2.70. The molecular weight excluding hydrogens is 222 g/mol. The average Bonchev–Trinajstić information content (AvgIpc) is 2.71. The topological polar surface area (TPSA) is 67.8 Å². The van der Waals surface area contributed by atoms with Gasteiger partial charge >= 0.3 is 0 Å². The molecule has 92 valence electrons. The Hall–Kier alpha value is -1.75. The number of fused-ring (bicyclic) bond motifs is 1. The van der Waals surface area contributed by atoms with Gasteiger partial charge in [-0.3, -0.25) is 4.79 Å². The summed E-state index contributed by atoms with van der Waals surface area (Å²) in [4.78, 5) is 11.1. The number of amides is 1. The quantitative estimate of drug-likeness (QED) is 0.819. The Balaban J connectivity index is 2.33. The van der Waals surface area contributed by atoms with Crippen LogP contribution in [-0.2, 0) is 4.79 Å². The molecule has 0 spiro atoms. The maximum atomic E-state index is 11.1. The second kappa shape index (κ2) is 4.63. The van der Waals surface area contributed by atoms with Gasteiger partial charge in [0.15, 0.2) is 11.5 Å². The third kappa shape index (κ3) is 2.34. The second-order valence-electron chi connectivity index (χ2n) is 4.00. The molecule has 1 unspecified atom stereocenters. The minimum atomic E-state index is -0.415. The fraction of sp³-hybridized carbons (Fsp3) is 0.417. The van der Waals surface area contributed by atoms with Gasteiger partial charge < -0.3 is 19.9 Å². The van der Waals surface area contributed by atoms with Crippen molar-refractivity contribution in [3.8, 4) is 11.5 Å². The first kappa shape index (κ1) is 11.7. The highest BCUT2D eigenvalue weighted by molar-refractivity contribution is 5.73. The van der Waals surface area contributed by atoms with Gasteiger partial charge in [0.2, 0.25) is 12.7 Å². The van der Waals surface area contributed by atoms with Crippen molar-refractivity contribution in [2.75, 3.05) is 13.4 Å². The highest BCUT2D eigenvalue weighted by atomic mass is 16.7. The van der Waals surface area contributed by atoms with Crippen LogP contribution in [0.1, 0.15) is 24.1 Å². The minimum absolute atomic E-state index is 0.153. The lowest BCUT2D eigenvalue weighted by Gasteiger charge is -2.18. The molecule has 17 heavy (non-hydrogen) atoms. The number of nitrogens with one attached hydrogen (secondary N) is 1.